The molecule has 3 heterocycles. The Morgan fingerprint density at radius 2 is 1.97 bits per heavy atom. The van der Waals surface area contributed by atoms with Crippen molar-refractivity contribution in [3.63, 3.8) is 0 Å². The van der Waals surface area contributed by atoms with Crippen LogP contribution in [0.1, 0.15) is 15.9 Å². The third-order valence-corrected chi connectivity index (χ3v) is 5.35. The number of hydrogen-bond donors (Lipinski definition) is 2. The number of pyridine rings is 1. The van der Waals surface area contributed by atoms with Crippen molar-refractivity contribution in [3.05, 3.63) is 84.2 Å². The lowest BCUT2D eigenvalue weighted by Crippen LogP contribution is -2.25. The molecule has 5 aromatic rings. The molecule has 0 fully saturated rings. The van der Waals surface area contributed by atoms with E-state index in [1.807, 2.05) is 59.1 Å². The third-order valence-electron chi connectivity index (χ3n) is 5.35. The Hall–Kier alpha value is -4.13. The number of aromatic nitrogens is 4. The van der Waals surface area contributed by atoms with E-state index in [4.69, 9.17) is 4.74 Å². The Labute approximate surface area is 178 Å². The van der Waals surface area contributed by atoms with Gasteiger partial charge in [-0.3, -0.25) is 9.20 Å². The van der Waals surface area contributed by atoms with Gasteiger partial charge in [0, 0.05) is 35.4 Å². The SMILES string of the molecule is COc1ccc2[nH]cc(CCNC(=O)c3ccc4nnc(-c5ccccc5)n4c3)c2c1. The van der Waals surface area contributed by atoms with Crippen molar-refractivity contribution in [2.45, 2.75) is 6.42 Å². The summed E-state index contributed by atoms with van der Waals surface area (Å²) in [6, 6.07) is 19.3. The van der Waals surface area contributed by atoms with Crippen molar-refractivity contribution >= 4 is 22.5 Å². The van der Waals surface area contributed by atoms with E-state index in [1.165, 1.54) is 0 Å². The lowest BCUT2D eigenvalue weighted by Gasteiger charge is -2.07. The molecule has 7 heteroatoms. The molecule has 0 aliphatic carbocycles. The van der Waals surface area contributed by atoms with Gasteiger partial charge in [0.1, 0.15) is 5.75 Å². The number of methoxy groups -OCH3 is 1. The predicted octanol–water partition coefficient (Wildman–Crippen LogP) is 3.86. The molecule has 2 aromatic carbocycles. The van der Waals surface area contributed by atoms with Gasteiger partial charge in [0.15, 0.2) is 11.5 Å². The number of aromatic amines is 1. The van der Waals surface area contributed by atoms with Gasteiger partial charge in [-0.2, -0.15) is 0 Å². The molecule has 0 unspecified atom stereocenters. The van der Waals surface area contributed by atoms with Crippen LogP contribution >= 0.6 is 0 Å². The van der Waals surface area contributed by atoms with Gasteiger partial charge in [0.05, 0.1) is 12.7 Å². The number of hydrogen-bond acceptors (Lipinski definition) is 4. The summed E-state index contributed by atoms with van der Waals surface area (Å²) in [6.07, 6.45) is 4.47. The number of nitrogens with zero attached hydrogens (tertiary/aromatic N) is 3. The lowest BCUT2D eigenvalue weighted by molar-refractivity contribution is 0.0953. The maximum absolute atomic E-state index is 12.8. The van der Waals surface area contributed by atoms with Crippen molar-refractivity contribution < 1.29 is 9.53 Å². The van der Waals surface area contributed by atoms with Crippen LogP contribution in [0.2, 0.25) is 0 Å². The van der Waals surface area contributed by atoms with E-state index in [-0.39, 0.29) is 5.91 Å². The second kappa shape index (κ2) is 7.95. The summed E-state index contributed by atoms with van der Waals surface area (Å²) in [5, 5.41) is 12.6. The summed E-state index contributed by atoms with van der Waals surface area (Å²) in [5.41, 5.74) is 4.39. The van der Waals surface area contributed by atoms with Crippen LogP contribution in [-0.4, -0.2) is 39.1 Å². The average molecular weight is 411 g/mol. The van der Waals surface area contributed by atoms with E-state index in [9.17, 15) is 4.79 Å². The first-order valence-corrected chi connectivity index (χ1v) is 10.1. The number of ether oxygens (including phenoxy) is 1. The summed E-state index contributed by atoms with van der Waals surface area (Å²) in [6.45, 7) is 0.523. The van der Waals surface area contributed by atoms with Crippen molar-refractivity contribution in [2.24, 2.45) is 0 Å². The van der Waals surface area contributed by atoms with Crippen LogP contribution in [0, 0.1) is 0 Å². The number of benzene rings is 2. The number of amides is 1. The maximum atomic E-state index is 12.8. The maximum Gasteiger partial charge on any atom is 0.252 e. The van der Waals surface area contributed by atoms with Crippen LogP contribution in [0.5, 0.6) is 5.75 Å². The van der Waals surface area contributed by atoms with Gasteiger partial charge < -0.3 is 15.0 Å². The van der Waals surface area contributed by atoms with Crippen LogP contribution in [0.25, 0.3) is 27.9 Å². The Morgan fingerprint density at radius 3 is 2.81 bits per heavy atom. The largest absolute Gasteiger partial charge is 0.497 e. The highest BCUT2D eigenvalue weighted by atomic mass is 16.5. The number of carbonyl (C=O) groups excluding carboxylic acids is 1. The normalized spacial score (nSPS) is 11.1. The second-order valence-corrected chi connectivity index (χ2v) is 7.27. The first-order chi connectivity index (χ1) is 15.2. The Bertz CT molecular complexity index is 1370. The van der Waals surface area contributed by atoms with Crippen LogP contribution in [-0.2, 0) is 6.42 Å². The topological polar surface area (TPSA) is 84.3 Å². The van der Waals surface area contributed by atoms with Crippen LogP contribution in [0.4, 0.5) is 0 Å². The Morgan fingerprint density at radius 1 is 1.10 bits per heavy atom. The molecule has 0 atom stereocenters. The summed E-state index contributed by atoms with van der Waals surface area (Å²) in [4.78, 5) is 16.0. The molecule has 5 rings (SSSR count). The second-order valence-electron chi connectivity index (χ2n) is 7.27. The van der Waals surface area contributed by atoms with Crippen molar-refractivity contribution in [2.75, 3.05) is 13.7 Å². The highest BCUT2D eigenvalue weighted by Crippen LogP contribution is 2.24. The fourth-order valence-corrected chi connectivity index (χ4v) is 3.71. The van der Waals surface area contributed by atoms with Gasteiger partial charge in [-0.25, -0.2) is 0 Å². The van der Waals surface area contributed by atoms with Gasteiger partial charge >= 0.3 is 0 Å². The molecule has 0 saturated carbocycles. The average Bonchev–Trinajstić information content (AvgIpc) is 3.43. The fraction of sp³-hybridized carbons (Fsp3) is 0.125. The van der Waals surface area contributed by atoms with Crippen molar-refractivity contribution in [1.82, 2.24) is 24.9 Å². The van der Waals surface area contributed by atoms with Gasteiger partial charge in [0.25, 0.3) is 5.91 Å². The molecule has 0 saturated heterocycles. The minimum atomic E-state index is -0.132. The lowest BCUT2D eigenvalue weighted by atomic mass is 10.1. The van der Waals surface area contributed by atoms with Gasteiger partial charge in [-0.15, -0.1) is 10.2 Å². The molecule has 1 amide bonds. The summed E-state index contributed by atoms with van der Waals surface area (Å²) >= 11 is 0. The molecule has 0 bridgehead atoms. The van der Waals surface area contributed by atoms with Crippen molar-refractivity contribution in [1.29, 1.82) is 0 Å². The number of nitrogens with one attached hydrogen (secondary N) is 2. The summed E-state index contributed by atoms with van der Waals surface area (Å²) in [5.74, 6) is 1.39. The molecule has 2 N–H and O–H groups in total. The molecular weight excluding hydrogens is 390 g/mol. The first kappa shape index (κ1) is 18.9. The Balaban J connectivity index is 1.32. The van der Waals surface area contributed by atoms with E-state index in [0.717, 1.165) is 27.8 Å². The molecule has 0 radical (unpaired) electrons. The minimum absolute atomic E-state index is 0.132. The quantitative estimate of drug-likeness (QED) is 0.444. The molecule has 154 valence electrons. The van der Waals surface area contributed by atoms with Gasteiger partial charge in [0.2, 0.25) is 0 Å². The standard InChI is InChI=1S/C24H21N5O2/c1-31-19-8-9-21-20(13-19)17(14-26-21)11-12-25-24(30)18-7-10-22-27-28-23(29(22)15-18)16-5-3-2-4-6-16/h2-10,13-15,26H,11-12H2,1H3,(H,25,30). The van der Waals surface area contributed by atoms with E-state index in [0.29, 0.717) is 30.0 Å². The number of H-pyrrole nitrogens is 1. The highest BCUT2D eigenvalue weighted by Gasteiger charge is 2.12. The number of carbonyl (C=O) groups is 1. The molecule has 0 aliphatic rings. The van der Waals surface area contributed by atoms with E-state index < -0.39 is 0 Å². The van der Waals surface area contributed by atoms with E-state index >= 15 is 0 Å². The van der Waals surface area contributed by atoms with Gasteiger partial charge in [-0.1, -0.05) is 30.3 Å². The zero-order valence-corrected chi connectivity index (χ0v) is 17.0. The number of rotatable bonds is 6. The van der Waals surface area contributed by atoms with E-state index in [1.54, 1.807) is 25.4 Å². The van der Waals surface area contributed by atoms with E-state index in [2.05, 4.69) is 20.5 Å². The summed E-state index contributed by atoms with van der Waals surface area (Å²) < 4.78 is 7.16. The predicted molar refractivity (Wildman–Crippen MR) is 119 cm³/mol. The van der Waals surface area contributed by atoms with Crippen molar-refractivity contribution in [3.8, 4) is 17.1 Å². The molecule has 3 aromatic heterocycles. The number of fused-ring (bicyclic) bond motifs is 2. The summed E-state index contributed by atoms with van der Waals surface area (Å²) in [7, 11) is 1.66. The highest BCUT2D eigenvalue weighted by molar-refractivity contribution is 5.94. The molecule has 31 heavy (non-hydrogen) atoms. The van der Waals surface area contributed by atoms with Crippen LogP contribution < -0.4 is 10.1 Å². The zero-order valence-electron chi connectivity index (χ0n) is 17.0. The fourth-order valence-electron chi connectivity index (χ4n) is 3.71. The molecule has 0 spiro atoms. The minimum Gasteiger partial charge on any atom is -0.497 e. The molecule has 7 nitrogen and oxygen atoms in total. The monoisotopic (exact) mass is 411 g/mol. The Kier molecular flexibility index (Phi) is 4.84. The van der Waals surface area contributed by atoms with Crippen LogP contribution in [0.15, 0.2) is 73.1 Å². The van der Waals surface area contributed by atoms with Crippen LogP contribution in [0.3, 0.4) is 0 Å². The smallest absolute Gasteiger partial charge is 0.252 e. The first-order valence-electron chi connectivity index (χ1n) is 10.1. The molecular formula is C24H21N5O2. The molecule has 0 aliphatic heterocycles. The zero-order chi connectivity index (χ0) is 21.2. The third kappa shape index (κ3) is 3.61. The van der Waals surface area contributed by atoms with Gasteiger partial charge in [-0.05, 0) is 42.3 Å².